The van der Waals surface area contributed by atoms with Gasteiger partial charge in [-0.3, -0.25) is 4.79 Å². The molecule has 90 valence electrons. The molecule has 3 aliphatic rings. The lowest BCUT2D eigenvalue weighted by atomic mass is 9.61. The third kappa shape index (κ3) is 0.926. The van der Waals surface area contributed by atoms with Crippen LogP contribution in [-0.4, -0.2) is 5.78 Å². The third-order valence-electron chi connectivity index (χ3n) is 6.63. The number of hydrogen-bond acceptors (Lipinski definition) is 1. The molecular formula is C15H24O. The molecule has 0 amide bonds. The Morgan fingerprint density at radius 2 is 1.88 bits per heavy atom. The number of hydrogen-bond donors (Lipinski definition) is 0. The maximum atomic E-state index is 12.7. The van der Waals surface area contributed by atoms with Crippen LogP contribution < -0.4 is 0 Å². The highest BCUT2D eigenvalue weighted by Crippen LogP contribution is 2.72. The molecule has 3 rings (SSSR count). The van der Waals surface area contributed by atoms with Crippen LogP contribution in [0.2, 0.25) is 0 Å². The Kier molecular flexibility index (Phi) is 1.97. The minimum absolute atomic E-state index is 0.0337. The van der Waals surface area contributed by atoms with Crippen molar-refractivity contribution in [2.75, 3.05) is 0 Å². The van der Waals surface area contributed by atoms with Crippen LogP contribution in [-0.2, 0) is 4.79 Å². The van der Waals surface area contributed by atoms with Crippen LogP contribution >= 0.6 is 0 Å². The zero-order chi connectivity index (χ0) is 11.7. The predicted molar refractivity (Wildman–Crippen MR) is 65.0 cm³/mol. The molecule has 0 heterocycles. The summed E-state index contributed by atoms with van der Waals surface area (Å²) in [6.07, 6.45) is 5.05. The van der Waals surface area contributed by atoms with Gasteiger partial charge in [-0.15, -0.1) is 0 Å². The van der Waals surface area contributed by atoms with Gasteiger partial charge in [-0.25, -0.2) is 0 Å². The normalized spacial score (nSPS) is 55.1. The average Bonchev–Trinajstić information content (AvgIpc) is 2.53. The summed E-state index contributed by atoms with van der Waals surface area (Å²) < 4.78 is 0. The van der Waals surface area contributed by atoms with Crippen molar-refractivity contribution in [1.82, 2.24) is 0 Å². The summed E-state index contributed by atoms with van der Waals surface area (Å²) in [4.78, 5) is 12.7. The molecule has 0 N–H and O–H groups in total. The minimum atomic E-state index is 0.0337. The van der Waals surface area contributed by atoms with E-state index in [9.17, 15) is 4.79 Å². The first kappa shape index (κ1) is 10.8. The van der Waals surface area contributed by atoms with Crippen molar-refractivity contribution in [2.24, 2.45) is 34.5 Å². The van der Waals surface area contributed by atoms with Crippen molar-refractivity contribution in [2.45, 2.75) is 53.4 Å². The van der Waals surface area contributed by atoms with Crippen molar-refractivity contribution in [1.29, 1.82) is 0 Å². The molecule has 0 aromatic carbocycles. The number of ketones is 1. The zero-order valence-electron chi connectivity index (χ0n) is 11.0. The largest absolute Gasteiger partial charge is 0.299 e. The van der Waals surface area contributed by atoms with Gasteiger partial charge in [0.25, 0.3) is 0 Å². The summed E-state index contributed by atoms with van der Waals surface area (Å²) >= 11 is 0. The van der Waals surface area contributed by atoms with Crippen molar-refractivity contribution >= 4 is 5.78 Å². The molecule has 0 aromatic heterocycles. The molecule has 16 heavy (non-hydrogen) atoms. The zero-order valence-corrected chi connectivity index (χ0v) is 11.0. The number of rotatable bonds is 1. The molecule has 0 aliphatic heterocycles. The van der Waals surface area contributed by atoms with E-state index in [-0.39, 0.29) is 5.41 Å². The van der Waals surface area contributed by atoms with Crippen LogP contribution in [0.4, 0.5) is 0 Å². The van der Waals surface area contributed by atoms with Crippen LogP contribution in [0.5, 0.6) is 0 Å². The monoisotopic (exact) mass is 220 g/mol. The summed E-state index contributed by atoms with van der Waals surface area (Å²) in [5, 5.41) is 0. The first-order chi connectivity index (χ1) is 7.42. The molecule has 4 bridgehead atoms. The quantitative estimate of drug-likeness (QED) is 0.659. The second kappa shape index (κ2) is 2.91. The molecule has 0 saturated heterocycles. The van der Waals surface area contributed by atoms with Crippen LogP contribution in [0.3, 0.4) is 0 Å². The SMILES string of the molecule is CC(C)[C@@H]1CC[C@]2(C)[C@H]3CC[C@]2(C)C(=O)[C@@H]13. The van der Waals surface area contributed by atoms with Gasteiger partial charge in [-0.1, -0.05) is 27.7 Å². The predicted octanol–water partition coefficient (Wildman–Crippen LogP) is 3.67. The fraction of sp³-hybridized carbons (Fsp3) is 0.933. The number of carbonyl (C=O) groups excluding carboxylic acids is 1. The number of carbonyl (C=O) groups is 1. The van der Waals surface area contributed by atoms with E-state index in [2.05, 4.69) is 27.7 Å². The van der Waals surface area contributed by atoms with Gasteiger partial charge in [-0.05, 0) is 48.9 Å². The summed E-state index contributed by atoms with van der Waals surface area (Å²) in [5.41, 5.74) is 0.381. The second-order valence-corrected chi connectivity index (χ2v) is 7.23. The lowest BCUT2D eigenvalue weighted by Gasteiger charge is -2.42. The van der Waals surface area contributed by atoms with Gasteiger partial charge in [-0.2, -0.15) is 0 Å². The summed E-state index contributed by atoms with van der Waals surface area (Å²) in [7, 11) is 0. The maximum Gasteiger partial charge on any atom is 0.142 e. The van der Waals surface area contributed by atoms with Crippen molar-refractivity contribution in [3.05, 3.63) is 0 Å². The number of Topliss-reactive ketones (excluding diaryl/α,β-unsaturated/α-hetero) is 1. The fourth-order valence-electron chi connectivity index (χ4n) is 5.34. The van der Waals surface area contributed by atoms with E-state index in [1.54, 1.807) is 0 Å². The van der Waals surface area contributed by atoms with E-state index < -0.39 is 0 Å². The van der Waals surface area contributed by atoms with Gasteiger partial charge >= 0.3 is 0 Å². The van der Waals surface area contributed by atoms with E-state index >= 15 is 0 Å². The lowest BCUT2D eigenvalue weighted by Crippen LogP contribution is -2.36. The molecular weight excluding hydrogens is 196 g/mol. The summed E-state index contributed by atoms with van der Waals surface area (Å²) in [6, 6.07) is 0. The van der Waals surface area contributed by atoms with Gasteiger partial charge in [0.15, 0.2) is 0 Å². The fourth-order valence-corrected chi connectivity index (χ4v) is 5.34. The van der Waals surface area contributed by atoms with Gasteiger partial charge in [0.05, 0.1) is 0 Å². The van der Waals surface area contributed by atoms with Gasteiger partial charge in [0.2, 0.25) is 0 Å². The molecule has 0 aromatic rings. The molecule has 3 saturated carbocycles. The van der Waals surface area contributed by atoms with Crippen molar-refractivity contribution in [3.8, 4) is 0 Å². The molecule has 3 aliphatic carbocycles. The van der Waals surface area contributed by atoms with Crippen molar-refractivity contribution in [3.63, 3.8) is 0 Å². The second-order valence-electron chi connectivity index (χ2n) is 7.23. The lowest BCUT2D eigenvalue weighted by molar-refractivity contribution is -0.132. The topological polar surface area (TPSA) is 17.1 Å². The van der Waals surface area contributed by atoms with E-state index in [1.165, 1.54) is 19.3 Å². The highest BCUT2D eigenvalue weighted by molar-refractivity contribution is 5.92. The molecule has 5 atom stereocenters. The standard InChI is InChI=1S/C15H24O/c1-9(2)10-5-7-14(3)11-6-8-15(14,4)13(16)12(10)11/h9-12H,5-8H2,1-4H3/t10-,11-,12-,14+,15+/m0/s1. The van der Waals surface area contributed by atoms with Gasteiger partial charge in [0.1, 0.15) is 5.78 Å². The Morgan fingerprint density at radius 3 is 2.50 bits per heavy atom. The molecule has 1 nitrogen and oxygen atoms in total. The Hall–Kier alpha value is -0.330. The highest BCUT2D eigenvalue weighted by atomic mass is 16.1. The molecule has 0 radical (unpaired) electrons. The minimum Gasteiger partial charge on any atom is -0.299 e. The van der Waals surface area contributed by atoms with E-state index in [0.717, 1.165) is 6.42 Å². The Bertz CT molecular complexity index is 345. The molecule has 0 unspecified atom stereocenters. The molecule has 0 spiro atoms. The van der Waals surface area contributed by atoms with E-state index in [0.29, 0.717) is 34.9 Å². The molecule has 3 fully saturated rings. The van der Waals surface area contributed by atoms with Crippen LogP contribution in [0.25, 0.3) is 0 Å². The van der Waals surface area contributed by atoms with E-state index in [4.69, 9.17) is 0 Å². The summed E-state index contributed by atoms with van der Waals surface area (Å²) in [6.45, 7) is 9.26. The maximum absolute atomic E-state index is 12.7. The molecule has 1 heteroatoms. The summed E-state index contributed by atoms with van der Waals surface area (Å²) in [5.74, 6) is 3.11. The van der Waals surface area contributed by atoms with Crippen molar-refractivity contribution < 1.29 is 4.79 Å². The Morgan fingerprint density at radius 1 is 1.19 bits per heavy atom. The van der Waals surface area contributed by atoms with E-state index in [1.807, 2.05) is 0 Å². The smallest absolute Gasteiger partial charge is 0.142 e. The van der Waals surface area contributed by atoms with Crippen LogP contribution in [0.1, 0.15) is 53.4 Å². The highest BCUT2D eigenvalue weighted by Gasteiger charge is 2.70. The van der Waals surface area contributed by atoms with Crippen LogP contribution in [0.15, 0.2) is 0 Å². The third-order valence-corrected chi connectivity index (χ3v) is 6.63. The first-order valence-corrected chi connectivity index (χ1v) is 6.96. The van der Waals surface area contributed by atoms with Gasteiger partial charge < -0.3 is 0 Å². The Labute approximate surface area is 99.0 Å². The first-order valence-electron chi connectivity index (χ1n) is 6.96. The Balaban J connectivity index is 2.06. The average molecular weight is 220 g/mol. The van der Waals surface area contributed by atoms with Crippen LogP contribution in [0, 0.1) is 34.5 Å². The van der Waals surface area contributed by atoms with Gasteiger partial charge in [0, 0.05) is 11.3 Å².